The second kappa shape index (κ2) is 7.62. The number of hydrogen-bond donors (Lipinski definition) is 1. The van der Waals surface area contributed by atoms with Crippen molar-refractivity contribution in [3.05, 3.63) is 76.4 Å². The standard InChI is InChI=1S/C26H23N3O4/c30-23-14-22(16-5-7-18(8-6-16)28-11-1-2-12-28)29(15-20(23)26(31)32)19-9-10-21-24(13-19)33-25(27-21)17-3-4-17/h5-10,13-15,17H,1-4,11-12H2,(H,31,32). The van der Waals surface area contributed by atoms with Gasteiger partial charge < -0.3 is 19.0 Å². The highest BCUT2D eigenvalue weighted by molar-refractivity contribution is 5.88. The number of carboxylic acid groups (broad SMARTS) is 1. The maximum atomic E-state index is 12.6. The molecule has 2 aliphatic rings. The number of hydrogen-bond acceptors (Lipinski definition) is 5. The molecule has 2 aromatic carbocycles. The van der Waals surface area contributed by atoms with Crippen molar-refractivity contribution in [1.29, 1.82) is 0 Å². The van der Waals surface area contributed by atoms with Crippen LogP contribution in [0, 0.1) is 0 Å². The lowest BCUT2D eigenvalue weighted by Gasteiger charge is -2.19. The van der Waals surface area contributed by atoms with Crippen LogP contribution in [0.4, 0.5) is 5.69 Å². The Kier molecular flexibility index (Phi) is 4.57. The molecular weight excluding hydrogens is 418 g/mol. The van der Waals surface area contributed by atoms with Gasteiger partial charge in [0.05, 0.1) is 5.69 Å². The van der Waals surface area contributed by atoms with Gasteiger partial charge in [-0.25, -0.2) is 9.78 Å². The van der Waals surface area contributed by atoms with Gasteiger partial charge in [-0.1, -0.05) is 12.1 Å². The number of anilines is 1. The molecule has 3 heterocycles. The van der Waals surface area contributed by atoms with E-state index in [9.17, 15) is 14.7 Å². The smallest absolute Gasteiger partial charge is 0.341 e. The molecular formula is C26H23N3O4. The predicted octanol–water partition coefficient (Wildman–Crippen LogP) is 4.82. The zero-order valence-corrected chi connectivity index (χ0v) is 18.0. The third-order valence-corrected chi connectivity index (χ3v) is 6.51. The Bertz CT molecular complexity index is 1420. The largest absolute Gasteiger partial charge is 0.477 e. The molecule has 7 heteroatoms. The first-order valence-corrected chi connectivity index (χ1v) is 11.3. The first kappa shape index (κ1) is 19.8. The number of oxazole rings is 1. The van der Waals surface area contributed by atoms with E-state index >= 15 is 0 Å². The monoisotopic (exact) mass is 441 g/mol. The van der Waals surface area contributed by atoms with Crippen LogP contribution in [0.1, 0.15) is 47.8 Å². The number of rotatable bonds is 5. The molecule has 7 nitrogen and oxygen atoms in total. The molecule has 4 aromatic rings. The molecule has 33 heavy (non-hydrogen) atoms. The Morgan fingerprint density at radius 3 is 2.42 bits per heavy atom. The zero-order valence-electron chi connectivity index (χ0n) is 18.0. The molecule has 1 aliphatic heterocycles. The van der Waals surface area contributed by atoms with Crippen molar-refractivity contribution in [3.8, 4) is 16.9 Å². The summed E-state index contributed by atoms with van der Waals surface area (Å²) in [6.07, 6.45) is 5.99. The van der Waals surface area contributed by atoms with Gasteiger partial charge in [0.15, 0.2) is 16.9 Å². The van der Waals surface area contributed by atoms with E-state index in [2.05, 4.69) is 22.0 Å². The molecule has 2 fully saturated rings. The van der Waals surface area contributed by atoms with Crippen molar-refractivity contribution < 1.29 is 14.3 Å². The minimum Gasteiger partial charge on any atom is -0.477 e. The fraction of sp³-hybridized carbons (Fsp3) is 0.269. The summed E-state index contributed by atoms with van der Waals surface area (Å²) >= 11 is 0. The van der Waals surface area contributed by atoms with Crippen LogP contribution in [-0.4, -0.2) is 33.7 Å². The average Bonchev–Trinajstić information content (AvgIpc) is 3.35. The quantitative estimate of drug-likeness (QED) is 0.478. The van der Waals surface area contributed by atoms with Crippen molar-refractivity contribution in [2.75, 3.05) is 18.0 Å². The van der Waals surface area contributed by atoms with Crippen LogP contribution in [0.3, 0.4) is 0 Å². The van der Waals surface area contributed by atoms with E-state index in [-0.39, 0.29) is 5.56 Å². The van der Waals surface area contributed by atoms with Gasteiger partial charge in [-0.2, -0.15) is 0 Å². The number of carboxylic acids is 1. The maximum absolute atomic E-state index is 12.6. The van der Waals surface area contributed by atoms with Gasteiger partial charge in [0.1, 0.15) is 11.1 Å². The molecule has 0 spiro atoms. The molecule has 0 amide bonds. The van der Waals surface area contributed by atoms with E-state index in [0.717, 1.165) is 48.6 Å². The molecule has 0 radical (unpaired) electrons. The Balaban J connectivity index is 1.47. The number of pyridine rings is 1. The molecule has 1 saturated carbocycles. The Morgan fingerprint density at radius 2 is 1.73 bits per heavy atom. The summed E-state index contributed by atoms with van der Waals surface area (Å²) in [5.41, 5.74) is 3.96. The molecule has 0 bridgehead atoms. The first-order chi connectivity index (χ1) is 16.1. The highest BCUT2D eigenvalue weighted by Gasteiger charge is 2.29. The third-order valence-electron chi connectivity index (χ3n) is 6.51. The normalized spacial score (nSPS) is 15.9. The SMILES string of the molecule is O=C(O)c1cn(-c2ccc3nc(C4CC4)oc3c2)c(-c2ccc(N3CCCC3)cc2)cc1=O. The number of benzene rings is 2. The van der Waals surface area contributed by atoms with E-state index in [4.69, 9.17) is 4.42 Å². The van der Waals surface area contributed by atoms with Crippen molar-refractivity contribution in [1.82, 2.24) is 9.55 Å². The van der Waals surface area contributed by atoms with E-state index < -0.39 is 11.4 Å². The lowest BCUT2D eigenvalue weighted by Crippen LogP contribution is -2.18. The Hall–Kier alpha value is -3.87. The second-order valence-electron chi connectivity index (χ2n) is 8.83. The lowest BCUT2D eigenvalue weighted by atomic mass is 10.1. The van der Waals surface area contributed by atoms with Gasteiger partial charge in [-0.05, 0) is 55.5 Å². The number of aromatic nitrogens is 2. The fourth-order valence-corrected chi connectivity index (χ4v) is 4.53. The minimum atomic E-state index is -1.25. The van der Waals surface area contributed by atoms with Gasteiger partial charge in [0, 0.05) is 48.7 Å². The van der Waals surface area contributed by atoms with Crippen molar-refractivity contribution in [2.24, 2.45) is 0 Å². The van der Waals surface area contributed by atoms with Crippen LogP contribution >= 0.6 is 0 Å². The van der Waals surface area contributed by atoms with Crippen molar-refractivity contribution in [2.45, 2.75) is 31.6 Å². The van der Waals surface area contributed by atoms with E-state index in [1.54, 1.807) is 4.57 Å². The van der Waals surface area contributed by atoms with Gasteiger partial charge in [-0.15, -0.1) is 0 Å². The van der Waals surface area contributed by atoms with Crippen molar-refractivity contribution >= 4 is 22.8 Å². The molecule has 2 aromatic heterocycles. The number of nitrogens with zero attached hydrogens (tertiary/aromatic N) is 3. The summed E-state index contributed by atoms with van der Waals surface area (Å²) in [5, 5.41) is 9.55. The Labute approximate surface area is 189 Å². The molecule has 0 unspecified atom stereocenters. The molecule has 166 valence electrons. The second-order valence-corrected chi connectivity index (χ2v) is 8.83. The number of carbonyl (C=O) groups is 1. The van der Waals surface area contributed by atoms with E-state index in [1.165, 1.54) is 25.1 Å². The summed E-state index contributed by atoms with van der Waals surface area (Å²) in [7, 11) is 0. The van der Waals surface area contributed by atoms with Crippen LogP contribution in [0.15, 0.2) is 63.9 Å². The summed E-state index contributed by atoms with van der Waals surface area (Å²) in [4.78, 5) is 31.2. The molecule has 1 aliphatic carbocycles. The van der Waals surface area contributed by atoms with E-state index in [1.807, 2.05) is 30.3 Å². The van der Waals surface area contributed by atoms with Crippen LogP contribution in [-0.2, 0) is 0 Å². The maximum Gasteiger partial charge on any atom is 0.341 e. The summed E-state index contributed by atoms with van der Waals surface area (Å²) in [6, 6.07) is 15.1. The van der Waals surface area contributed by atoms with Gasteiger partial charge in [0.2, 0.25) is 0 Å². The first-order valence-electron chi connectivity index (χ1n) is 11.3. The highest BCUT2D eigenvalue weighted by Crippen LogP contribution is 2.40. The Morgan fingerprint density at radius 1 is 1.00 bits per heavy atom. The molecule has 1 saturated heterocycles. The summed E-state index contributed by atoms with van der Waals surface area (Å²) in [6.45, 7) is 2.11. The van der Waals surface area contributed by atoms with Crippen LogP contribution < -0.4 is 10.3 Å². The molecule has 6 rings (SSSR count). The van der Waals surface area contributed by atoms with Gasteiger partial charge in [-0.3, -0.25) is 4.79 Å². The lowest BCUT2D eigenvalue weighted by molar-refractivity contribution is 0.0695. The van der Waals surface area contributed by atoms with Crippen LogP contribution in [0.5, 0.6) is 0 Å². The summed E-state index contributed by atoms with van der Waals surface area (Å²) < 4.78 is 7.71. The fourth-order valence-electron chi connectivity index (χ4n) is 4.53. The number of aromatic carboxylic acids is 1. The topological polar surface area (TPSA) is 88.6 Å². The molecule has 0 atom stereocenters. The zero-order chi connectivity index (χ0) is 22.5. The van der Waals surface area contributed by atoms with Gasteiger partial charge in [0.25, 0.3) is 0 Å². The van der Waals surface area contributed by atoms with E-state index in [0.29, 0.717) is 22.9 Å². The molecule has 1 N–H and O–H groups in total. The third kappa shape index (κ3) is 3.59. The van der Waals surface area contributed by atoms with Crippen LogP contribution in [0.25, 0.3) is 28.0 Å². The van der Waals surface area contributed by atoms with Crippen molar-refractivity contribution in [3.63, 3.8) is 0 Å². The predicted molar refractivity (Wildman–Crippen MR) is 125 cm³/mol. The average molecular weight is 441 g/mol. The number of fused-ring (bicyclic) bond motifs is 1. The highest BCUT2D eigenvalue weighted by atomic mass is 16.4. The summed E-state index contributed by atoms with van der Waals surface area (Å²) in [5.74, 6) is -0.0935. The minimum absolute atomic E-state index is 0.274. The van der Waals surface area contributed by atoms with Crippen LogP contribution in [0.2, 0.25) is 0 Å². The van der Waals surface area contributed by atoms with Gasteiger partial charge >= 0.3 is 5.97 Å².